The highest BCUT2D eigenvalue weighted by Gasteiger charge is 2.12. The van der Waals surface area contributed by atoms with Gasteiger partial charge in [-0.15, -0.1) is 0 Å². The molecule has 7 heteroatoms. The standard InChI is InChI=1S/C10H10N4O3/c1-16-10(15)7-3-2-4-11-9(7)12-5-8-13-6-17-14-8/h2-4,6H,5H2,1H3,(H,11,12). The number of hydrogen-bond donors (Lipinski definition) is 1. The van der Waals surface area contributed by atoms with Crippen LogP contribution in [0.15, 0.2) is 29.2 Å². The Morgan fingerprint density at radius 3 is 3.12 bits per heavy atom. The highest BCUT2D eigenvalue weighted by atomic mass is 16.5. The van der Waals surface area contributed by atoms with Gasteiger partial charge in [0, 0.05) is 6.20 Å². The van der Waals surface area contributed by atoms with Gasteiger partial charge < -0.3 is 14.6 Å². The van der Waals surface area contributed by atoms with E-state index in [9.17, 15) is 4.79 Å². The summed E-state index contributed by atoms with van der Waals surface area (Å²) in [6.45, 7) is 0.317. The van der Waals surface area contributed by atoms with Crippen molar-refractivity contribution in [1.82, 2.24) is 15.1 Å². The molecular weight excluding hydrogens is 224 g/mol. The number of ether oxygens (including phenoxy) is 1. The third-order valence-electron chi connectivity index (χ3n) is 2.03. The molecule has 0 saturated heterocycles. The molecule has 0 spiro atoms. The number of carbonyl (C=O) groups is 1. The Morgan fingerprint density at radius 2 is 2.41 bits per heavy atom. The van der Waals surface area contributed by atoms with Crippen molar-refractivity contribution >= 4 is 11.8 Å². The van der Waals surface area contributed by atoms with Crippen LogP contribution in [0.2, 0.25) is 0 Å². The molecule has 0 amide bonds. The summed E-state index contributed by atoms with van der Waals surface area (Å²) in [6.07, 6.45) is 2.81. The van der Waals surface area contributed by atoms with E-state index in [0.717, 1.165) is 0 Å². The number of nitrogens with zero attached hydrogens (tertiary/aromatic N) is 3. The molecule has 1 N–H and O–H groups in total. The van der Waals surface area contributed by atoms with Crippen molar-refractivity contribution in [2.24, 2.45) is 0 Å². The lowest BCUT2D eigenvalue weighted by Crippen LogP contribution is -2.10. The number of nitrogens with one attached hydrogen (secondary N) is 1. The van der Waals surface area contributed by atoms with Crippen LogP contribution < -0.4 is 5.32 Å². The van der Waals surface area contributed by atoms with Crippen LogP contribution in [0.25, 0.3) is 0 Å². The number of carbonyl (C=O) groups excluding carboxylic acids is 1. The van der Waals surface area contributed by atoms with Gasteiger partial charge in [0.05, 0.1) is 13.7 Å². The lowest BCUT2D eigenvalue weighted by molar-refractivity contribution is 0.0601. The molecule has 0 aromatic carbocycles. The highest BCUT2D eigenvalue weighted by molar-refractivity contribution is 5.94. The molecule has 0 aliphatic carbocycles. The molecule has 0 saturated carbocycles. The van der Waals surface area contributed by atoms with E-state index < -0.39 is 5.97 Å². The van der Waals surface area contributed by atoms with E-state index in [2.05, 4.69) is 29.7 Å². The number of aromatic nitrogens is 3. The van der Waals surface area contributed by atoms with Crippen molar-refractivity contribution in [2.75, 3.05) is 12.4 Å². The second kappa shape index (κ2) is 5.06. The number of methoxy groups -OCH3 is 1. The first-order valence-corrected chi connectivity index (χ1v) is 4.83. The SMILES string of the molecule is COC(=O)c1cccnc1NCc1ncon1. The normalized spacial score (nSPS) is 9.94. The molecule has 0 radical (unpaired) electrons. The van der Waals surface area contributed by atoms with Crippen molar-refractivity contribution in [3.63, 3.8) is 0 Å². The fourth-order valence-electron chi connectivity index (χ4n) is 1.25. The molecule has 0 unspecified atom stereocenters. The molecule has 0 atom stereocenters. The van der Waals surface area contributed by atoms with E-state index in [1.54, 1.807) is 18.3 Å². The second-order valence-electron chi connectivity index (χ2n) is 3.09. The van der Waals surface area contributed by atoms with Gasteiger partial charge in [-0.1, -0.05) is 5.16 Å². The average Bonchev–Trinajstić information content (AvgIpc) is 2.89. The van der Waals surface area contributed by atoms with Gasteiger partial charge in [0.15, 0.2) is 5.82 Å². The molecule has 0 fully saturated rings. The maximum Gasteiger partial charge on any atom is 0.341 e. The molecule has 2 heterocycles. The van der Waals surface area contributed by atoms with Gasteiger partial charge in [0.2, 0.25) is 6.39 Å². The molecule has 7 nitrogen and oxygen atoms in total. The molecule has 0 aliphatic heterocycles. The Labute approximate surface area is 96.8 Å². The lowest BCUT2D eigenvalue weighted by Gasteiger charge is -2.07. The lowest BCUT2D eigenvalue weighted by atomic mass is 10.2. The van der Waals surface area contributed by atoms with E-state index in [-0.39, 0.29) is 0 Å². The minimum Gasteiger partial charge on any atom is -0.465 e. The Kier molecular flexibility index (Phi) is 3.29. The van der Waals surface area contributed by atoms with Crippen LogP contribution in [0.1, 0.15) is 16.2 Å². The Morgan fingerprint density at radius 1 is 1.53 bits per heavy atom. The molecule has 2 aromatic heterocycles. The highest BCUT2D eigenvalue weighted by Crippen LogP contribution is 2.13. The Balaban J connectivity index is 2.12. The van der Waals surface area contributed by atoms with E-state index in [4.69, 9.17) is 0 Å². The van der Waals surface area contributed by atoms with E-state index in [1.807, 2.05) is 0 Å². The van der Waals surface area contributed by atoms with Crippen molar-refractivity contribution in [3.8, 4) is 0 Å². The largest absolute Gasteiger partial charge is 0.465 e. The summed E-state index contributed by atoms with van der Waals surface area (Å²) in [5.41, 5.74) is 0.360. The summed E-state index contributed by atoms with van der Waals surface area (Å²) < 4.78 is 9.23. The predicted octanol–water partition coefficient (Wildman–Crippen LogP) is 0.863. The summed E-state index contributed by atoms with van der Waals surface area (Å²) >= 11 is 0. The van der Waals surface area contributed by atoms with E-state index in [1.165, 1.54) is 13.5 Å². The number of hydrogen-bond acceptors (Lipinski definition) is 7. The zero-order valence-corrected chi connectivity index (χ0v) is 9.08. The van der Waals surface area contributed by atoms with Crippen LogP contribution in [-0.4, -0.2) is 28.2 Å². The first kappa shape index (κ1) is 11.1. The number of rotatable bonds is 4. The van der Waals surface area contributed by atoms with Crippen LogP contribution >= 0.6 is 0 Å². The molecule has 88 valence electrons. The molecule has 17 heavy (non-hydrogen) atoms. The molecule has 0 aliphatic rings. The molecule has 2 rings (SSSR count). The smallest absolute Gasteiger partial charge is 0.341 e. The van der Waals surface area contributed by atoms with Crippen LogP contribution in [0, 0.1) is 0 Å². The van der Waals surface area contributed by atoms with Gasteiger partial charge in [-0.05, 0) is 12.1 Å². The van der Waals surface area contributed by atoms with Crippen molar-refractivity contribution < 1.29 is 14.1 Å². The average molecular weight is 234 g/mol. The van der Waals surface area contributed by atoms with Gasteiger partial charge in [0.1, 0.15) is 11.4 Å². The zero-order chi connectivity index (χ0) is 12.1. The fourth-order valence-corrected chi connectivity index (χ4v) is 1.25. The Bertz CT molecular complexity index is 498. The summed E-state index contributed by atoms with van der Waals surface area (Å²) in [5.74, 6) is 0.448. The summed E-state index contributed by atoms with van der Waals surface area (Å²) in [4.78, 5) is 19.3. The predicted molar refractivity (Wildman–Crippen MR) is 57.2 cm³/mol. The van der Waals surface area contributed by atoms with Crippen LogP contribution in [0.5, 0.6) is 0 Å². The summed E-state index contributed by atoms with van der Waals surface area (Å²) in [6, 6.07) is 3.28. The molecular formula is C10H10N4O3. The minimum atomic E-state index is -0.450. The van der Waals surface area contributed by atoms with Gasteiger partial charge in [-0.25, -0.2) is 9.78 Å². The second-order valence-corrected chi connectivity index (χ2v) is 3.09. The monoisotopic (exact) mass is 234 g/mol. The minimum absolute atomic E-state index is 0.317. The van der Waals surface area contributed by atoms with Crippen molar-refractivity contribution in [3.05, 3.63) is 36.1 Å². The fraction of sp³-hybridized carbons (Fsp3) is 0.200. The topological polar surface area (TPSA) is 90.1 Å². The van der Waals surface area contributed by atoms with Crippen LogP contribution in [0.4, 0.5) is 5.82 Å². The summed E-state index contributed by atoms with van der Waals surface area (Å²) in [7, 11) is 1.32. The maximum atomic E-state index is 11.4. The maximum absolute atomic E-state index is 11.4. The molecule has 2 aromatic rings. The number of esters is 1. The Hall–Kier alpha value is -2.44. The van der Waals surface area contributed by atoms with Gasteiger partial charge >= 0.3 is 5.97 Å². The zero-order valence-electron chi connectivity index (χ0n) is 9.08. The third kappa shape index (κ3) is 2.57. The van der Waals surface area contributed by atoms with Crippen LogP contribution in [0.3, 0.4) is 0 Å². The van der Waals surface area contributed by atoms with Crippen LogP contribution in [-0.2, 0) is 11.3 Å². The van der Waals surface area contributed by atoms with Gasteiger partial charge in [-0.2, -0.15) is 4.98 Å². The van der Waals surface area contributed by atoms with Gasteiger partial charge in [-0.3, -0.25) is 0 Å². The first-order valence-electron chi connectivity index (χ1n) is 4.83. The summed E-state index contributed by atoms with van der Waals surface area (Å²) in [5, 5.41) is 6.57. The number of pyridine rings is 1. The van der Waals surface area contributed by atoms with E-state index in [0.29, 0.717) is 23.8 Å². The van der Waals surface area contributed by atoms with Crippen molar-refractivity contribution in [1.29, 1.82) is 0 Å². The van der Waals surface area contributed by atoms with Crippen molar-refractivity contribution in [2.45, 2.75) is 6.54 Å². The molecule has 0 bridgehead atoms. The van der Waals surface area contributed by atoms with Gasteiger partial charge in [0.25, 0.3) is 0 Å². The van der Waals surface area contributed by atoms with E-state index >= 15 is 0 Å². The number of anilines is 1. The quantitative estimate of drug-likeness (QED) is 0.784. The third-order valence-corrected chi connectivity index (χ3v) is 2.03. The first-order chi connectivity index (χ1) is 8.31.